The lowest BCUT2D eigenvalue weighted by molar-refractivity contribution is -0.136. The molecular weight excluding hydrogens is 459 g/mol. The van der Waals surface area contributed by atoms with Crippen LogP contribution in [0.5, 0.6) is 11.5 Å². The standard InChI is InChI=1S/C29H29FN2O4/c1-16-11-21(14-24(12-16)36-23-8-5-20(17(2)13-23)6-10-27(33)34)19(4)31-29(35)28-18(3)25-15-22(30)7-9-26(25)32-28/h5,7-9,11-15,19,32H,6,10H2,1-4H3,(H,31,35)(H,33,34)/t19-/m1/s1. The van der Waals surface area contributed by atoms with E-state index in [0.29, 0.717) is 40.1 Å². The van der Waals surface area contributed by atoms with Crippen molar-refractivity contribution in [3.05, 3.63) is 93.9 Å². The SMILES string of the molecule is Cc1cc(Oc2ccc(CCC(=O)O)c(C)c2)cc([C@@H](C)NC(=O)c2[nH]c3ccc(F)cc3c2C)c1. The number of aliphatic carboxylic acids is 1. The molecule has 1 aromatic heterocycles. The van der Waals surface area contributed by atoms with Gasteiger partial charge >= 0.3 is 5.97 Å². The molecule has 0 aliphatic rings. The summed E-state index contributed by atoms with van der Waals surface area (Å²) in [7, 11) is 0. The number of halogens is 1. The second kappa shape index (κ2) is 10.2. The zero-order valence-electron chi connectivity index (χ0n) is 20.7. The number of ether oxygens (including phenoxy) is 1. The number of aryl methyl sites for hydroxylation is 4. The van der Waals surface area contributed by atoms with E-state index in [2.05, 4.69) is 10.3 Å². The third-order valence-corrected chi connectivity index (χ3v) is 6.33. The van der Waals surface area contributed by atoms with E-state index in [0.717, 1.165) is 22.3 Å². The lowest BCUT2D eigenvalue weighted by Gasteiger charge is -2.17. The van der Waals surface area contributed by atoms with Crippen LogP contribution in [0.1, 0.15) is 57.7 Å². The summed E-state index contributed by atoms with van der Waals surface area (Å²) >= 11 is 0. The topological polar surface area (TPSA) is 91.4 Å². The highest BCUT2D eigenvalue weighted by atomic mass is 19.1. The number of amides is 1. The predicted molar refractivity (Wildman–Crippen MR) is 137 cm³/mol. The fourth-order valence-electron chi connectivity index (χ4n) is 4.35. The minimum atomic E-state index is -0.822. The number of carbonyl (C=O) groups excluding carboxylic acids is 1. The van der Waals surface area contributed by atoms with Crippen LogP contribution >= 0.6 is 0 Å². The Morgan fingerprint density at radius 2 is 1.81 bits per heavy atom. The number of hydrogen-bond acceptors (Lipinski definition) is 3. The van der Waals surface area contributed by atoms with Gasteiger partial charge in [0.2, 0.25) is 0 Å². The molecule has 0 unspecified atom stereocenters. The molecule has 1 atom stereocenters. The lowest BCUT2D eigenvalue weighted by atomic mass is 10.0. The van der Waals surface area contributed by atoms with Crippen LogP contribution in [0.4, 0.5) is 4.39 Å². The van der Waals surface area contributed by atoms with Crippen LogP contribution in [-0.2, 0) is 11.2 Å². The number of aromatic amines is 1. The summed E-state index contributed by atoms with van der Waals surface area (Å²) in [4.78, 5) is 27.0. The molecule has 4 aromatic rings. The minimum absolute atomic E-state index is 0.0841. The molecule has 3 N–H and O–H groups in total. The van der Waals surface area contributed by atoms with Gasteiger partial charge in [0.05, 0.1) is 6.04 Å². The van der Waals surface area contributed by atoms with Crippen molar-refractivity contribution in [2.75, 3.05) is 0 Å². The van der Waals surface area contributed by atoms with Gasteiger partial charge in [-0.25, -0.2) is 4.39 Å². The molecule has 0 saturated carbocycles. The summed E-state index contributed by atoms with van der Waals surface area (Å²) in [5.41, 5.74) is 5.62. The van der Waals surface area contributed by atoms with Gasteiger partial charge in [0.25, 0.3) is 5.91 Å². The summed E-state index contributed by atoms with van der Waals surface area (Å²) < 4.78 is 19.7. The molecule has 3 aromatic carbocycles. The molecule has 0 bridgehead atoms. The highest BCUT2D eigenvalue weighted by molar-refractivity contribution is 6.01. The minimum Gasteiger partial charge on any atom is -0.481 e. The predicted octanol–water partition coefficient (Wildman–Crippen LogP) is 6.53. The molecule has 36 heavy (non-hydrogen) atoms. The van der Waals surface area contributed by atoms with E-state index in [1.165, 1.54) is 12.1 Å². The smallest absolute Gasteiger partial charge is 0.303 e. The molecule has 1 heterocycles. The lowest BCUT2D eigenvalue weighted by Crippen LogP contribution is -2.27. The summed E-state index contributed by atoms with van der Waals surface area (Å²) in [6.07, 6.45) is 0.554. The van der Waals surface area contributed by atoms with Crippen molar-refractivity contribution in [2.45, 2.75) is 46.6 Å². The number of carboxylic acid groups (broad SMARTS) is 1. The Kier molecular flexibility index (Phi) is 7.10. The van der Waals surface area contributed by atoms with E-state index in [9.17, 15) is 14.0 Å². The Hall–Kier alpha value is -4.13. The number of hydrogen-bond donors (Lipinski definition) is 3. The summed E-state index contributed by atoms with van der Waals surface area (Å²) in [6, 6.07) is 15.5. The van der Waals surface area contributed by atoms with E-state index < -0.39 is 5.97 Å². The van der Waals surface area contributed by atoms with Crippen LogP contribution < -0.4 is 10.1 Å². The van der Waals surface area contributed by atoms with Crippen molar-refractivity contribution in [1.82, 2.24) is 10.3 Å². The molecule has 186 valence electrons. The van der Waals surface area contributed by atoms with Gasteiger partial charge in [0.15, 0.2) is 0 Å². The van der Waals surface area contributed by atoms with Crippen LogP contribution in [0.3, 0.4) is 0 Å². The number of carboxylic acids is 1. The number of benzene rings is 3. The van der Waals surface area contributed by atoms with Crippen LogP contribution in [-0.4, -0.2) is 22.0 Å². The van der Waals surface area contributed by atoms with E-state index in [4.69, 9.17) is 9.84 Å². The number of carbonyl (C=O) groups is 2. The Balaban J connectivity index is 1.50. The van der Waals surface area contributed by atoms with Crippen LogP contribution in [0, 0.1) is 26.6 Å². The van der Waals surface area contributed by atoms with Gasteiger partial charge in [-0.1, -0.05) is 12.1 Å². The van der Waals surface area contributed by atoms with Crippen molar-refractivity contribution < 1.29 is 23.8 Å². The van der Waals surface area contributed by atoms with Crippen LogP contribution in [0.25, 0.3) is 10.9 Å². The normalized spacial score (nSPS) is 11.9. The Morgan fingerprint density at radius 1 is 1.03 bits per heavy atom. The number of H-pyrrole nitrogens is 1. The van der Waals surface area contributed by atoms with Crippen molar-refractivity contribution in [1.29, 1.82) is 0 Å². The third kappa shape index (κ3) is 5.57. The number of rotatable bonds is 8. The summed E-state index contributed by atoms with van der Waals surface area (Å²) in [5.74, 6) is -0.144. The van der Waals surface area contributed by atoms with Gasteiger partial charge in [0.1, 0.15) is 23.0 Å². The molecule has 0 radical (unpaired) electrons. The monoisotopic (exact) mass is 488 g/mol. The average Bonchev–Trinajstić information content (AvgIpc) is 3.14. The molecule has 0 saturated heterocycles. The Labute approximate surface area is 209 Å². The first-order chi connectivity index (χ1) is 17.1. The molecule has 0 aliphatic heterocycles. The molecule has 1 amide bonds. The zero-order valence-corrected chi connectivity index (χ0v) is 20.7. The van der Waals surface area contributed by atoms with Gasteiger partial charge < -0.3 is 20.1 Å². The largest absolute Gasteiger partial charge is 0.481 e. The van der Waals surface area contributed by atoms with Crippen LogP contribution in [0.15, 0.2) is 54.6 Å². The van der Waals surface area contributed by atoms with Crippen molar-refractivity contribution in [3.8, 4) is 11.5 Å². The molecule has 7 heteroatoms. The maximum Gasteiger partial charge on any atom is 0.303 e. The summed E-state index contributed by atoms with van der Waals surface area (Å²) in [5, 5.41) is 12.6. The maximum atomic E-state index is 13.6. The highest BCUT2D eigenvalue weighted by Crippen LogP contribution is 2.29. The van der Waals surface area contributed by atoms with Gasteiger partial charge in [-0.2, -0.15) is 0 Å². The zero-order chi connectivity index (χ0) is 26.0. The molecule has 0 spiro atoms. The Bertz CT molecular complexity index is 1460. The second-order valence-electron chi connectivity index (χ2n) is 9.17. The fourth-order valence-corrected chi connectivity index (χ4v) is 4.35. The van der Waals surface area contributed by atoms with Gasteiger partial charge in [0, 0.05) is 17.3 Å². The van der Waals surface area contributed by atoms with Gasteiger partial charge in [-0.15, -0.1) is 0 Å². The van der Waals surface area contributed by atoms with Crippen LogP contribution in [0.2, 0.25) is 0 Å². The first kappa shape index (κ1) is 25.0. The van der Waals surface area contributed by atoms with Gasteiger partial charge in [-0.05, 0) is 104 Å². The van der Waals surface area contributed by atoms with E-state index >= 15 is 0 Å². The molecule has 4 rings (SSSR count). The van der Waals surface area contributed by atoms with Crippen molar-refractivity contribution in [2.24, 2.45) is 0 Å². The first-order valence-corrected chi connectivity index (χ1v) is 11.8. The Morgan fingerprint density at radius 3 is 2.53 bits per heavy atom. The molecule has 0 fully saturated rings. The third-order valence-electron chi connectivity index (χ3n) is 6.33. The molecular formula is C29H29FN2O4. The number of nitrogens with one attached hydrogen (secondary N) is 2. The second-order valence-corrected chi connectivity index (χ2v) is 9.17. The van der Waals surface area contributed by atoms with Crippen molar-refractivity contribution in [3.63, 3.8) is 0 Å². The van der Waals surface area contributed by atoms with Gasteiger partial charge in [-0.3, -0.25) is 9.59 Å². The van der Waals surface area contributed by atoms with Crippen molar-refractivity contribution >= 4 is 22.8 Å². The average molecular weight is 489 g/mol. The van der Waals surface area contributed by atoms with E-state index in [1.807, 2.05) is 57.2 Å². The highest BCUT2D eigenvalue weighted by Gasteiger charge is 2.18. The van der Waals surface area contributed by atoms with E-state index in [1.54, 1.807) is 13.0 Å². The van der Waals surface area contributed by atoms with E-state index in [-0.39, 0.29) is 24.2 Å². The summed E-state index contributed by atoms with van der Waals surface area (Å²) in [6.45, 7) is 7.59. The number of fused-ring (bicyclic) bond motifs is 1. The molecule has 0 aliphatic carbocycles. The quantitative estimate of drug-likeness (QED) is 0.263. The first-order valence-electron chi connectivity index (χ1n) is 11.8. The maximum absolute atomic E-state index is 13.6. The molecule has 6 nitrogen and oxygen atoms in total. The fraction of sp³-hybridized carbons (Fsp3) is 0.241. The number of aromatic nitrogens is 1.